The van der Waals surface area contributed by atoms with E-state index in [1.165, 1.54) is 25.3 Å². The van der Waals surface area contributed by atoms with Crippen molar-refractivity contribution >= 4 is 60.6 Å². The third-order valence-electron chi connectivity index (χ3n) is 4.56. The Morgan fingerprint density at radius 2 is 1.94 bits per heavy atom. The Labute approximate surface area is 204 Å². The van der Waals surface area contributed by atoms with Crippen LogP contribution in [0.2, 0.25) is 0 Å². The number of fused-ring (bicyclic) bond motifs is 1. The van der Waals surface area contributed by atoms with E-state index in [4.69, 9.17) is 4.74 Å². The molecule has 1 aromatic heterocycles. The van der Waals surface area contributed by atoms with E-state index in [1.807, 2.05) is 13.8 Å². The number of rotatable bonds is 7. The van der Waals surface area contributed by atoms with Crippen LogP contribution in [-0.2, 0) is 4.79 Å². The first-order chi connectivity index (χ1) is 15.5. The fourth-order valence-corrected chi connectivity index (χ4v) is 3.78. The molecule has 1 atom stereocenters. The number of hydrogen-bond acceptors (Lipinski definition) is 7. The van der Waals surface area contributed by atoms with Crippen molar-refractivity contribution in [2.45, 2.75) is 32.8 Å². The van der Waals surface area contributed by atoms with Crippen LogP contribution in [-0.4, -0.2) is 38.0 Å². The summed E-state index contributed by atoms with van der Waals surface area (Å²) in [4.78, 5) is 39.9. The SMILES string of the molecule is CC(C)c1nc2ccc(Br)cc2c(=O)n1N=Cc1cc(Br)cc([N+](=O)[O-])c1O[C@@H](C)C(=O)O. The van der Waals surface area contributed by atoms with Gasteiger partial charge in [-0.25, -0.2) is 9.78 Å². The molecule has 1 heterocycles. The van der Waals surface area contributed by atoms with E-state index >= 15 is 0 Å². The number of nitro groups is 1. The molecule has 12 heteroatoms. The monoisotopic (exact) mass is 580 g/mol. The molecule has 0 unspecified atom stereocenters. The Morgan fingerprint density at radius 1 is 1.24 bits per heavy atom. The second kappa shape index (κ2) is 9.79. The highest BCUT2D eigenvalue weighted by Gasteiger charge is 2.25. The smallest absolute Gasteiger partial charge is 0.344 e. The van der Waals surface area contributed by atoms with Crippen LogP contribution in [0.4, 0.5) is 5.69 Å². The molecule has 0 amide bonds. The zero-order valence-electron chi connectivity index (χ0n) is 17.7. The predicted molar refractivity (Wildman–Crippen MR) is 129 cm³/mol. The zero-order chi connectivity index (χ0) is 24.4. The van der Waals surface area contributed by atoms with Crippen molar-refractivity contribution in [1.29, 1.82) is 0 Å². The maximum atomic E-state index is 13.2. The summed E-state index contributed by atoms with van der Waals surface area (Å²) in [5.41, 5.74) is -0.251. The maximum absolute atomic E-state index is 13.2. The van der Waals surface area contributed by atoms with Gasteiger partial charge in [0, 0.05) is 26.5 Å². The van der Waals surface area contributed by atoms with Gasteiger partial charge in [-0.2, -0.15) is 9.78 Å². The average molecular weight is 582 g/mol. The molecule has 1 N–H and O–H groups in total. The molecule has 33 heavy (non-hydrogen) atoms. The molecule has 0 bridgehead atoms. The van der Waals surface area contributed by atoms with Gasteiger partial charge in [-0.15, -0.1) is 0 Å². The van der Waals surface area contributed by atoms with Crippen LogP contribution in [0.25, 0.3) is 10.9 Å². The number of ether oxygens (including phenoxy) is 1. The van der Waals surface area contributed by atoms with E-state index in [2.05, 4.69) is 41.9 Å². The lowest BCUT2D eigenvalue weighted by Gasteiger charge is -2.14. The first-order valence-corrected chi connectivity index (χ1v) is 11.2. The van der Waals surface area contributed by atoms with Gasteiger partial charge in [-0.1, -0.05) is 45.7 Å². The Hall–Kier alpha value is -3.12. The molecule has 0 saturated heterocycles. The number of carboxylic acids is 1. The van der Waals surface area contributed by atoms with Crippen molar-refractivity contribution < 1.29 is 19.6 Å². The molecule has 0 aliphatic rings. The highest BCUT2D eigenvalue weighted by Crippen LogP contribution is 2.34. The first-order valence-electron chi connectivity index (χ1n) is 9.63. The van der Waals surface area contributed by atoms with Gasteiger partial charge < -0.3 is 9.84 Å². The summed E-state index contributed by atoms with van der Waals surface area (Å²) in [7, 11) is 0. The number of aromatic nitrogens is 2. The van der Waals surface area contributed by atoms with Gasteiger partial charge in [0.1, 0.15) is 5.82 Å². The van der Waals surface area contributed by atoms with Gasteiger partial charge >= 0.3 is 11.7 Å². The van der Waals surface area contributed by atoms with Crippen LogP contribution >= 0.6 is 31.9 Å². The fourth-order valence-electron chi connectivity index (χ4n) is 2.96. The molecule has 10 nitrogen and oxygen atoms in total. The van der Waals surface area contributed by atoms with Gasteiger partial charge in [0.2, 0.25) is 5.75 Å². The van der Waals surface area contributed by atoms with Crippen molar-refractivity contribution in [2.24, 2.45) is 5.10 Å². The van der Waals surface area contributed by atoms with Crippen molar-refractivity contribution in [3.63, 3.8) is 0 Å². The normalized spacial score (nSPS) is 12.4. The number of carboxylic acid groups (broad SMARTS) is 1. The van der Waals surface area contributed by atoms with Crippen LogP contribution in [0.5, 0.6) is 5.75 Å². The predicted octanol–water partition coefficient (Wildman–Crippen LogP) is 4.69. The highest BCUT2D eigenvalue weighted by molar-refractivity contribution is 9.10. The summed E-state index contributed by atoms with van der Waals surface area (Å²) >= 11 is 6.55. The average Bonchev–Trinajstić information content (AvgIpc) is 2.74. The molecule has 0 saturated carbocycles. The summed E-state index contributed by atoms with van der Waals surface area (Å²) in [5.74, 6) is -1.35. The van der Waals surface area contributed by atoms with Gasteiger partial charge in [-0.3, -0.25) is 14.9 Å². The Morgan fingerprint density at radius 3 is 2.55 bits per heavy atom. The summed E-state index contributed by atoms with van der Waals surface area (Å²) < 4.78 is 7.54. The quantitative estimate of drug-likeness (QED) is 0.243. The molecule has 0 spiro atoms. The molecule has 3 rings (SSSR count). The van der Waals surface area contributed by atoms with Crippen LogP contribution in [0.3, 0.4) is 0 Å². The van der Waals surface area contributed by atoms with Crippen LogP contribution < -0.4 is 10.3 Å². The molecule has 0 aliphatic heterocycles. The third-order valence-corrected chi connectivity index (χ3v) is 5.52. The minimum atomic E-state index is -1.36. The number of aliphatic carboxylic acids is 1. The molecule has 172 valence electrons. The summed E-state index contributed by atoms with van der Waals surface area (Å²) in [6, 6.07) is 7.81. The largest absolute Gasteiger partial charge is 0.479 e. The van der Waals surface area contributed by atoms with E-state index in [0.29, 0.717) is 25.7 Å². The number of carbonyl (C=O) groups is 1. The van der Waals surface area contributed by atoms with Crippen LogP contribution in [0.1, 0.15) is 38.1 Å². The summed E-state index contributed by atoms with van der Waals surface area (Å²) in [6.45, 7) is 4.96. The van der Waals surface area contributed by atoms with Gasteiger partial charge in [0.15, 0.2) is 6.10 Å². The molecule has 0 radical (unpaired) electrons. The minimum absolute atomic E-state index is 0.111. The summed E-state index contributed by atoms with van der Waals surface area (Å²) in [6.07, 6.45) is -0.147. The number of nitro benzene ring substituents is 1. The second-order valence-electron chi connectivity index (χ2n) is 7.35. The Kier molecular flexibility index (Phi) is 7.28. The Bertz CT molecular complexity index is 1350. The van der Waals surface area contributed by atoms with Gasteiger partial charge in [-0.05, 0) is 31.2 Å². The van der Waals surface area contributed by atoms with Crippen molar-refractivity contribution in [3.05, 3.63) is 71.1 Å². The second-order valence-corrected chi connectivity index (χ2v) is 9.18. The highest BCUT2D eigenvalue weighted by atomic mass is 79.9. The molecule has 0 fully saturated rings. The molecular formula is C21H18Br2N4O6. The number of hydrogen-bond donors (Lipinski definition) is 1. The number of halogens is 2. The minimum Gasteiger partial charge on any atom is -0.479 e. The van der Waals surface area contributed by atoms with E-state index in [-0.39, 0.29) is 17.2 Å². The van der Waals surface area contributed by atoms with Gasteiger partial charge in [0.05, 0.1) is 22.0 Å². The Balaban J connectivity index is 2.23. The van der Waals surface area contributed by atoms with Crippen LogP contribution in [0, 0.1) is 10.1 Å². The van der Waals surface area contributed by atoms with E-state index < -0.39 is 28.2 Å². The van der Waals surface area contributed by atoms with Crippen molar-refractivity contribution in [3.8, 4) is 5.75 Å². The standard InChI is InChI=1S/C21H18Br2N4O6/c1-10(2)19-25-16-5-4-13(22)7-15(16)20(28)26(19)24-9-12-6-14(23)8-17(27(31)32)18(12)33-11(3)21(29)30/h4-11H,1-3H3,(H,29,30)/t11-/m0/s1. The fraction of sp³-hybridized carbons (Fsp3) is 0.238. The van der Waals surface area contributed by atoms with E-state index in [0.717, 1.165) is 4.68 Å². The van der Waals surface area contributed by atoms with E-state index in [9.17, 15) is 24.8 Å². The maximum Gasteiger partial charge on any atom is 0.344 e. The first kappa shape index (κ1) is 24.5. The lowest BCUT2D eigenvalue weighted by Crippen LogP contribution is -2.24. The lowest BCUT2D eigenvalue weighted by molar-refractivity contribution is -0.386. The number of nitrogens with zero attached hydrogens (tertiary/aromatic N) is 4. The molecule has 2 aromatic carbocycles. The van der Waals surface area contributed by atoms with Crippen LogP contribution in [0.15, 0.2) is 49.2 Å². The van der Waals surface area contributed by atoms with Gasteiger partial charge in [0.25, 0.3) is 5.56 Å². The molecular weight excluding hydrogens is 564 g/mol. The molecule has 3 aromatic rings. The van der Waals surface area contributed by atoms with Crippen molar-refractivity contribution in [2.75, 3.05) is 0 Å². The van der Waals surface area contributed by atoms with Crippen molar-refractivity contribution in [1.82, 2.24) is 9.66 Å². The zero-order valence-corrected chi connectivity index (χ0v) is 20.8. The summed E-state index contributed by atoms with van der Waals surface area (Å²) in [5, 5.41) is 25.4. The van der Waals surface area contributed by atoms with E-state index in [1.54, 1.807) is 18.2 Å². The molecule has 0 aliphatic carbocycles. The number of benzene rings is 2. The lowest BCUT2D eigenvalue weighted by atomic mass is 10.1. The topological polar surface area (TPSA) is 137 Å². The third kappa shape index (κ3) is 5.28.